The fourth-order valence-electron chi connectivity index (χ4n) is 3.78. The van der Waals surface area contributed by atoms with Gasteiger partial charge in [-0.15, -0.1) is 0 Å². The van der Waals surface area contributed by atoms with Gasteiger partial charge in [-0.2, -0.15) is 15.0 Å². The van der Waals surface area contributed by atoms with Crippen molar-refractivity contribution in [2.75, 3.05) is 56.3 Å². The maximum absolute atomic E-state index is 5.97. The molecular formula is C23H29N7O2. The second-order valence-corrected chi connectivity index (χ2v) is 7.73. The summed E-state index contributed by atoms with van der Waals surface area (Å²) in [5.74, 6) is 2.83. The van der Waals surface area contributed by atoms with Gasteiger partial charge in [0.1, 0.15) is 17.3 Å². The molecule has 0 aliphatic carbocycles. The van der Waals surface area contributed by atoms with Gasteiger partial charge in [0.15, 0.2) is 0 Å². The summed E-state index contributed by atoms with van der Waals surface area (Å²) < 4.78 is 10.8. The number of nitrogens with zero attached hydrogens (tertiary/aromatic N) is 5. The number of benzene rings is 2. The summed E-state index contributed by atoms with van der Waals surface area (Å²) in [5.41, 5.74) is 9.03. The molecular weight excluding hydrogens is 406 g/mol. The number of anilines is 4. The van der Waals surface area contributed by atoms with E-state index in [1.807, 2.05) is 37.3 Å². The van der Waals surface area contributed by atoms with E-state index in [-0.39, 0.29) is 5.95 Å². The Balaban J connectivity index is 1.41. The molecule has 2 aromatic carbocycles. The van der Waals surface area contributed by atoms with Gasteiger partial charge >= 0.3 is 0 Å². The third-order valence-corrected chi connectivity index (χ3v) is 5.46. The third kappa shape index (κ3) is 5.17. The van der Waals surface area contributed by atoms with Crippen molar-refractivity contribution in [3.05, 3.63) is 53.9 Å². The van der Waals surface area contributed by atoms with E-state index in [0.717, 1.165) is 43.2 Å². The smallest absolute Gasteiger partial charge is 0.232 e. The number of nitrogens with two attached hydrogens (primary N) is 1. The summed E-state index contributed by atoms with van der Waals surface area (Å²) in [4.78, 5) is 17.9. The van der Waals surface area contributed by atoms with E-state index in [1.54, 1.807) is 14.2 Å². The van der Waals surface area contributed by atoms with Crippen LogP contribution in [0.5, 0.6) is 11.5 Å². The highest BCUT2D eigenvalue weighted by atomic mass is 16.5. The molecule has 9 nitrogen and oxygen atoms in total. The van der Waals surface area contributed by atoms with Crippen molar-refractivity contribution in [2.45, 2.75) is 13.5 Å². The summed E-state index contributed by atoms with van der Waals surface area (Å²) in [6, 6.07) is 14.0. The standard InChI is InChI=1S/C23H29N7O2/c1-16-7-8-20(32-3)19(13-16)25-23-27-21(26-22(24)28-23)15-29-9-11-30(12-10-29)17-5-4-6-18(14-17)31-2/h4-8,13-14H,9-12,15H2,1-3H3,(H3,24,25,26,27,28). The van der Waals surface area contributed by atoms with Gasteiger partial charge in [-0.3, -0.25) is 4.90 Å². The highest BCUT2D eigenvalue weighted by molar-refractivity contribution is 5.63. The maximum atomic E-state index is 5.97. The minimum Gasteiger partial charge on any atom is -0.497 e. The van der Waals surface area contributed by atoms with Gasteiger partial charge in [0.25, 0.3) is 0 Å². The Morgan fingerprint density at radius 3 is 2.53 bits per heavy atom. The van der Waals surface area contributed by atoms with Gasteiger partial charge in [0, 0.05) is 37.9 Å². The van der Waals surface area contributed by atoms with E-state index in [0.29, 0.717) is 24.1 Å². The number of piperazine rings is 1. The van der Waals surface area contributed by atoms with E-state index >= 15 is 0 Å². The summed E-state index contributed by atoms with van der Waals surface area (Å²) in [6.45, 7) is 6.26. The second kappa shape index (κ2) is 9.69. The van der Waals surface area contributed by atoms with E-state index in [2.05, 4.69) is 42.2 Å². The number of aromatic nitrogens is 3. The zero-order valence-electron chi connectivity index (χ0n) is 18.7. The van der Waals surface area contributed by atoms with E-state index in [1.165, 1.54) is 5.69 Å². The number of nitrogens with one attached hydrogen (secondary N) is 1. The van der Waals surface area contributed by atoms with Crippen LogP contribution in [0.3, 0.4) is 0 Å². The molecule has 0 spiro atoms. The number of ether oxygens (including phenoxy) is 2. The van der Waals surface area contributed by atoms with Crippen molar-refractivity contribution in [1.82, 2.24) is 19.9 Å². The normalized spacial score (nSPS) is 14.3. The molecule has 1 fully saturated rings. The lowest BCUT2D eigenvalue weighted by molar-refractivity contribution is 0.244. The number of hydrogen-bond donors (Lipinski definition) is 2. The second-order valence-electron chi connectivity index (χ2n) is 7.73. The molecule has 1 aromatic heterocycles. The van der Waals surface area contributed by atoms with E-state index < -0.39 is 0 Å². The zero-order valence-corrected chi connectivity index (χ0v) is 18.7. The van der Waals surface area contributed by atoms with Gasteiger partial charge in [-0.05, 0) is 36.8 Å². The van der Waals surface area contributed by atoms with Crippen molar-refractivity contribution in [3.8, 4) is 11.5 Å². The van der Waals surface area contributed by atoms with Gasteiger partial charge in [-0.25, -0.2) is 0 Å². The Morgan fingerprint density at radius 2 is 1.78 bits per heavy atom. The molecule has 3 N–H and O–H groups in total. The van der Waals surface area contributed by atoms with Crippen LogP contribution in [-0.4, -0.2) is 60.3 Å². The van der Waals surface area contributed by atoms with Crippen LogP contribution in [0.4, 0.5) is 23.3 Å². The van der Waals surface area contributed by atoms with Crippen molar-refractivity contribution in [1.29, 1.82) is 0 Å². The summed E-state index contributed by atoms with van der Waals surface area (Å²) in [7, 11) is 3.32. The largest absolute Gasteiger partial charge is 0.497 e. The molecule has 0 saturated carbocycles. The van der Waals surface area contributed by atoms with E-state index in [9.17, 15) is 0 Å². The topological polar surface area (TPSA) is 102 Å². The van der Waals surface area contributed by atoms with Gasteiger partial charge in [-0.1, -0.05) is 12.1 Å². The molecule has 1 aliphatic heterocycles. The van der Waals surface area contributed by atoms with Gasteiger partial charge in [0.05, 0.1) is 26.5 Å². The molecule has 168 valence electrons. The minimum absolute atomic E-state index is 0.194. The van der Waals surface area contributed by atoms with Crippen LogP contribution in [0.2, 0.25) is 0 Å². The minimum atomic E-state index is 0.194. The molecule has 0 atom stereocenters. The molecule has 1 saturated heterocycles. The van der Waals surface area contributed by atoms with Crippen LogP contribution in [0, 0.1) is 6.92 Å². The number of nitrogen functional groups attached to an aromatic ring is 1. The summed E-state index contributed by atoms with van der Waals surface area (Å²) >= 11 is 0. The first-order chi connectivity index (χ1) is 15.5. The predicted octanol–water partition coefficient (Wildman–Crippen LogP) is 2.85. The molecule has 4 rings (SSSR count). The number of aryl methyl sites for hydroxylation is 1. The summed E-state index contributed by atoms with van der Waals surface area (Å²) in [5, 5.41) is 3.22. The molecule has 2 heterocycles. The molecule has 0 unspecified atom stereocenters. The van der Waals surface area contributed by atoms with Crippen LogP contribution >= 0.6 is 0 Å². The number of rotatable bonds is 7. The van der Waals surface area contributed by atoms with Crippen molar-refractivity contribution in [3.63, 3.8) is 0 Å². The fourth-order valence-corrected chi connectivity index (χ4v) is 3.78. The van der Waals surface area contributed by atoms with Crippen LogP contribution in [0.25, 0.3) is 0 Å². The Kier molecular flexibility index (Phi) is 6.55. The van der Waals surface area contributed by atoms with E-state index in [4.69, 9.17) is 15.2 Å². The van der Waals surface area contributed by atoms with Gasteiger partial charge < -0.3 is 25.4 Å². The first-order valence-electron chi connectivity index (χ1n) is 10.6. The Hall–Kier alpha value is -3.59. The van der Waals surface area contributed by atoms with Crippen molar-refractivity contribution in [2.24, 2.45) is 0 Å². The molecule has 9 heteroatoms. The molecule has 1 aliphatic rings. The lowest BCUT2D eigenvalue weighted by Gasteiger charge is -2.35. The third-order valence-electron chi connectivity index (χ3n) is 5.46. The number of hydrogen-bond acceptors (Lipinski definition) is 9. The Bertz CT molecular complexity index is 1070. The SMILES string of the molecule is COc1cccc(N2CCN(Cc3nc(N)nc(Nc4cc(C)ccc4OC)n3)CC2)c1. The Labute approximate surface area is 188 Å². The highest BCUT2D eigenvalue weighted by Crippen LogP contribution is 2.27. The lowest BCUT2D eigenvalue weighted by atomic mass is 10.2. The summed E-state index contributed by atoms with van der Waals surface area (Å²) in [6.07, 6.45) is 0. The van der Waals surface area contributed by atoms with Crippen LogP contribution in [0.15, 0.2) is 42.5 Å². The lowest BCUT2D eigenvalue weighted by Crippen LogP contribution is -2.46. The molecule has 3 aromatic rings. The molecule has 0 radical (unpaired) electrons. The molecule has 0 amide bonds. The fraction of sp³-hybridized carbons (Fsp3) is 0.348. The van der Waals surface area contributed by atoms with Crippen molar-refractivity contribution >= 4 is 23.3 Å². The first kappa shape index (κ1) is 21.6. The number of methoxy groups -OCH3 is 2. The zero-order chi connectivity index (χ0) is 22.5. The van der Waals surface area contributed by atoms with Gasteiger partial charge in [0.2, 0.25) is 11.9 Å². The monoisotopic (exact) mass is 435 g/mol. The highest BCUT2D eigenvalue weighted by Gasteiger charge is 2.19. The average molecular weight is 436 g/mol. The molecule has 32 heavy (non-hydrogen) atoms. The first-order valence-corrected chi connectivity index (χ1v) is 10.6. The van der Waals surface area contributed by atoms with Crippen molar-refractivity contribution < 1.29 is 9.47 Å². The van der Waals surface area contributed by atoms with Crippen LogP contribution in [0.1, 0.15) is 11.4 Å². The quantitative estimate of drug-likeness (QED) is 0.580. The maximum Gasteiger partial charge on any atom is 0.232 e. The van der Waals surface area contributed by atoms with Crippen LogP contribution < -0.4 is 25.4 Å². The Morgan fingerprint density at radius 1 is 0.969 bits per heavy atom. The average Bonchev–Trinajstić information content (AvgIpc) is 2.79. The van der Waals surface area contributed by atoms with Crippen LogP contribution in [-0.2, 0) is 6.54 Å². The predicted molar refractivity (Wildman–Crippen MR) is 126 cm³/mol. The molecule has 0 bridgehead atoms.